The number of fused-ring (bicyclic) bond motifs is 1. The highest BCUT2D eigenvalue weighted by molar-refractivity contribution is 5.95. The van der Waals surface area contributed by atoms with Crippen molar-refractivity contribution in [2.75, 3.05) is 11.4 Å². The number of amides is 1. The summed E-state index contributed by atoms with van der Waals surface area (Å²) < 4.78 is 16.4. The SMILES string of the molecule is CC1(C)CN(C(=O)CCc2nc(-c3ccco3)no2)c2ccccc2O1. The maximum atomic E-state index is 12.8. The molecule has 7 heteroatoms. The van der Waals surface area contributed by atoms with Crippen molar-refractivity contribution in [2.24, 2.45) is 0 Å². The van der Waals surface area contributed by atoms with Gasteiger partial charge in [-0.3, -0.25) is 4.79 Å². The molecule has 0 aliphatic carbocycles. The van der Waals surface area contributed by atoms with Gasteiger partial charge in [-0.1, -0.05) is 17.3 Å². The average Bonchev–Trinajstić information content (AvgIpc) is 3.29. The fourth-order valence-electron chi connectivity index (χ4n) is 3.00. The van der Waals surface area contributed by atoms with Crippen LogP contribution in [0.5, 0.6) is 5.75 Å². The van der Waals surface area contributed by atoms with Crippen molar-refractivity contribution in [1.29, 1.82) is 0 Å². The van der Waals surface area contributed by atoms with Gasteiger partial charge in [0.05, 0.1) is 18.5 Å². The quantitative estimate of drug-likeness (QED) is 0.714. The Kier molecular flexibility index (Phi) is 3.99. The molecule has 4 rings (SSSR count). The van der Waals surface area contributed by atoms with Gasteiger partial charge in [-0.05, 0) is 38.1 Å². The molecule has 1 aliphatic rings. The van der Waals surface area contributed by atoms with Crippen molar-refractivity contribution in [3.8, 4) is 17.3 Å². The van der Waals surface area contributed by atoms with Gasteiger partial charge in [-0.25, -0.2) is 0 Å². The van der Waals surface area contributed by atoms with Crippen LogP contribution in [-0.2, 0) is 11.2 Å². The van der Waals surface area contributed by atoms with E-state index in [1.807, 2.05) is 38.1 Å². The fraction of sp³-hybridized carbons (Fsp3) is 0.316. The van der Waals surface area contributed by atoms with Crippen LogP contribution in [-0.4, -0.2) is 28.2 Å². The van der Waals surface area contributed by atoms with E-state index in [-0.39, 0.29) is 12.3 Å². The van der Waals surface area contributed by atoms with Crippen molar-refractivity contribution in [3.05, 3.63) is 48.6 Å². The Labute approximate surface area is 150 Å². The predicted octanol–water partition coefficient (Wildman–Crippen LogP) is 3.47. The molecule has 134 valence electrons. The van der Waals surface area contributed by atoms with E-state index in [1.165, 1.54) is 0 Å². The zero-order valence-corrected chi connectivity index (χ0v) is 14.6. The number of aryl methyl sites for hydroxylation is 1. The molecule has 0 saturated carbocycles. The average molecular weight is 353 g/mol. The maximum absolute atomic E-state index is 12.8. The first-order valence-electron chi connectivity index (χ1n) is 8.47. The minimum atomic E-state index is -0.443. The van der Waals surface area contributed by atoms with Crippen LogP contribution in [0, 0.1) is 0 Å². The number of benzene rings is 1. The van der Waals surface area contributed by atoms with E-state index in [1.54, 1.807) is 23.3 Å². The topological polar surface area (TPSA) is 81.6 Å². The Balaban J connectivity index is 1.47. The molecular weight excluding hydrogens is 334 g/mol. The maximum Gasteiger partial charge on any atom is 0.238 e. The molecule has 7 nitrogen and oxygen atoms in total. The van der Waals surface area contributed by atoms with Crippen molar-refractivity contribution in [3.63, 3.8) is 0 Å². The van der Waals surface area contributed by atoms with Crippen LogP contribution in [0.1, 0.15) is 26.2 Å². The molecule has 0 bridgehead atoms. The Hall–Kier alpha value is -3.09. The first kappa shape index (κ1) is 16.4. The second kappa shape index (κ2) is 6.33. The minimum absolute atomic E-state index is 0.00780. The molecule has 1 aromatic carbocycles. The van der Waals surface area contributed by atoms with E-state index in [9.17, 15) is 4.79 Å². The fourth-order valence-corrected chi connectivity index (χ4v) is 3.00. The minimum Gasteiger partial charge on any atom is -0.484 e. The second-order valence-corrected chi connectivity index (χ2v) is 6.80. The zero-order chi connectivity index (χ0) is 18.1. The van der Waals surface area contributed by atoms with Crippen LogP contribution in [0.15, 0.2) is 51.6 Å². The monoisotopic (exact) mass is 353 g/mol. The highest BCUT2D eigenvalue weighted by Gasteiger charge is 2.34. The molecule has 1 aliphatic heterocycles. The summed E-state index contributed by atoms with van der Waals surface area (Å²) >= 11 is 0. The van der Waals surface area contributed by atoms with Crippen molar-refractivity contribution in [2.45, 2.75) is 32.3 Å². The van der Waals surface area contributed by atoms with Gasteiger partial charge in [-0.2, -0.15) is 4.98 Å². The van der Waals surface area contributed by atoms with Gasteiger partial charge >= 0.3 is 0 Å². The number of anilines is 1. The number of ether oxygens (including phenoxy) is 1. The van der Waals surface area contributed by atoms with E-state index < -0.39 is 5.60 Å². The lowest BCUT2D eigenvalue weighted by Gasteiger charge is -2.39. The molecule has 0 saturated heterocycles. The summed E-state index contributed by atoms with van der Waals surface area (Å²) in [5.74, 6) is 2.04. The largest absolute Gasteiger partial charge is 0.484 e. The normalized spacial score (nSPS) is 15.4. The van der Waals surface area contributed by atoms with Gasteiger partial charge in [-0.15, -0.1) is 0 Å². The Morgan fingerprint density at radius 2 is 2.08 bits per heavy atom. The number of nitrogens with zero attached hydrogens (tertiary/aromatic N) is 3. The first-order valence-corrected chi connectivity index (χ1v) is 8.47. The summed E-state index contributed by atoms with van der Waals surface area (Å²) in [6, 6.07) is 11.1. The molecule has 26 heavy (non-hydrogen) atoms. The standard InChI is InChI=1S/C19H19N3O4/c1-19(2)12-22(13-6-3-4-7-14(13)25-19)17(23)10-9-16-20-18(21-26-16)15-8-5-11-24-15/h3-8,11H,9-10,12H2,1-2H3. The summed E-state index contributed by atoms with van der Waals surface area (Å²) in [7, 11) is 0. The third kappa shape index (κ3) is 3.20. The summed E-state index contributed by atoms with van der Waals surface area (Å²) in [6.45, 7) is 4.43. The van der Waals surface area contributed by atoms with E-state index in [0.717, 1.165) is 11.4 Å². The number of aromatic nitrogens is 2. The number of carbonyl (C=O) groups is 1. The summed E-state index contributed by atoms with van der Waals surface area (Å²) in [6.07, 6.45) is 2.18. The van der Waals surface area contributed by atoms with Crippen LogP contribution < -0.4 is 9.64 Å². The zero-order valence-electron chi connectivity index (χ0n) is 14.6. The Morgan fingerprint density at radius 1 is 1.23 bits per heavy atom. The van der Waals surface area contributed by atoms with Crippen LogP contribution in [0.3, 0.4) is 0 Å². The molecule has 0 unspecified atom stereocenters. The molecule has 0 fully saturated rings. The van der Waals surface area contributed by atoms with Gasteiger partial charge < -0.3 is 18.6 Å². The molecule has 3 aromatic rings. The molecule has 1 amide bonds. The molecular formula is C19H19N3O4. The van der Waals surface area contributed by atoms with E-state index in [4.69, 9.17) is 13.7 Å². The Bertz CT molecular complexity index is 915. The number of para-hydroxylation sites is 2. The van der Waals surface area contributed by atoms with Crippen LogP contribution >= 0.6 is 0 Å². The van der Waals surface area contributed by atoms with Crippen LogP contribution in [0.2, 0.25) is 0 Å². The van der Waals surface area contributed by atoms with Gasteiger partial charge in [0.25, 0.3) is 0 Å². The van der Waals surface area contributed by atoms with Crippen molar-refractivity contribution >= 4 is 11.6 Å². The third-order valence-corrected chi connectivity index (χ3v) is 4.14. The summed E-state index contributed by atoms with van der Waals surface area (Å²) in [4.78, 5) is 18.9. The second-order valence-electron chi connectivity index (χ2n) is 6.80. The molecule has 2 aromatic heterocycles. The lowest BCUT2D eigenvalue weighted by Crippen LogP contribution is -2.49. The van der Waals surface area contributed by atoms with Gasteiger partial charge in [0.2, 0.25) is 17.6 Å². The van der Waals surface area contributed by atoms with Gasteiger partial charge in [0.1, 0.15) is 11.4 Å². The highest BCUT2D eigenvalue weighted by atomic mass is 16.5. The molecule has 0 atom stereocenters. The van der Waals surface area contributed by atoms with Crippen molar-refractivity contribution in [1.82, 2.24) is 10.1 Å². The molecule has 0 N–H and O–H groups in total. The van der Waals surface area contributed by atoms with Gasteiger partial charge in [0, 0.05) is 12.8 Å². The van der Waals surface area contributed by atoms with E-state index in [2.05, 4.69) is 10.1 Å². The molecule has 3 heterocycles. The molecule has 0 radical (unpaired) electrons. The number of rotatable bonds is 4. The van der Waals surface area contributed by atoms with Crippen molar-refractivity contribution < 1.29 is 18.5 Å². The Morgan fingerprint density at radius 3 is 2.88 bits per heavy atom. The lowest BCUT2D eigenvalue weighted by molar-refractivity contribution is -0.119. The number of carbonyl (C=O) groups excluding carboxylic acids is 1. The molecule has 0 spiro atoms. The van der Waals surface area contributed by atoms with Crippen LogP contribution in [0.4, 0.5) is 5.69 Å². The predicted molar refractivity (Wildman–Crippen MR) is 93.8 cm³/mol. The summed E-state index contributed by atoms with van der Waals surface area (Å²) in [5, 5.41) is 3.88. The third-order valence-electron chi connectivity index (χ3n) is 4.14. The van der Waals surface area contributed by atoms with Crippen LogP contribution in [0.25, 0.3) is 11.6 Å². The first-order chi connectivity index (χ1) is 12.5. The lowest BCUT2D eigenvalue weighted by atomic mass is 10.0. The highest BCUT2D eigenvalue weighted by Crippen LogP contribution is 2.37. The number of hydrogen-bond donors (Lipinski definition) is 0. The number of furan rings is 1. The van der Waals surface area contributed by atoms with E-state index in [0.29, 0.717) is 30.4 Å². The summed E-state index contributed by atoms with van der Waals surface area (Å²) in [5.41, 5.74) is 0.347. The smallest absolute Gasteiger partial charge is 0.238 e. The number of hydrogen-bond acceptors (Lipinski definition) is 6. The van der Waals surface area contributed by atoms with E-state index >= 15 is 0 Å². The van der Waals surface area contributed by atoms with Gasteiger partial charge in [0.15, 0.2) is 5.76 Å².